The zero-order valence-electron chi connectivity index (χ0n) is 23.3. The molecule has 4 heterocycles. The van der Waals surface area contributed by atoms with Crippen LogP contribution >= 0.6 is 0 Å². The number of anilines is 2. The van der Waals surface area contributed by atoms with Crippen LogP contribution in [0.3, 0.4) is 0 Å². The van der Waals surface area contributed by atoms with E-state index in [0.717, 1.165) is 12.8 Å². The number of carboxylic acid groups (broad SMARTS) is 1. The Kier molecular flexibility index (Phi) is 6.49. The Morgan fingerprint density at radius 2 is 1.95 bits per heavy atom. The zero-order valence-corrected chi connectivity index (χ0v) is 23.3. The van der Waals surface area contributed by atoms with Crippen LogP contribution in [0.1, 0.15) is 34.5 Å². The summed E-state index contributed by atoms with van der Waals surface area (Å²) in [5, 5.41) is 12.7. The molecule has 0 amide bonds. The van der Waals surface area contributed by atoms with Gasteiger partial charge in [-0.3, -0.25) is 9.78 Å². The van der Waals surface area contributed by atoms with Crippen molar-refractivity contribution in [3.8, 4) is 22.3 Å². The molecule has 1 aromatic carbocycles. The second kappa shape index (κ2) is 9.91. The molecule has 0 saturated carbocycles. The van der Waals surface area contributed by atoms with Crippen LogP contribution in [0.2, 0.25) is 0 Å². The number of carboxylic acids is 1. The molecule has 4 aromatic rings. The van der Waals surface area contributed by atoms with E-state index in [-0.39, 0.29) is 22.6 Å². The fraction of sp³-hybridized carbons (Fsp3) is 0.333. The number of piperidine rings is 1. The SMILES string of the molecule is CNc1cc(F)c(F)c2c1Cc1ncc(-c3cnc4c(c3)c(=O)c(C(=O)O)cn4C)c(N3CCC[C@@H](N(C)C)C3)c1-2. The predicted molar refractivity (Wildman–Crippen MR) is 154 cm³/mol. The normalized spacial score (nSPS) is 16.3. The average Bonchev–Trinajstić information content (AvgIpc) is 3.36. The van der Waals surface area contributed by atoms with E-state index in [4.69, 9.17) is 4.98 Å². The van der Waals surface area contributed by atoms with Crippen LogP contribution in [0.4, 0.5) is 20.2 Å². The summed E-state index contributed by atoms with van der Waals surface area (Å²) >= 11 is 0. The third kappa shape index (κ3) is 4.22. The van der Waals surface area contributed by atoms with Crippen molar-refractivity contribution in [3.63, 3.8) is 0 Å². The molecule has 0 bridgehead atoms. The largest absolute Gasteiger partial charge is 0.477 e. The molecule has 9 nitrogen and oxygen atoms in total. The topological polar surface area (TPSA) is 104 Å². The Labute approximate surface area is 235 Å². The van der Waals surface area contributed by atoms with Gasteiger partial charge in [-0.2, -0.15) is 0 Å². The van der Waals surface area contributed by atoms with Crippen LogP contribution in [-0.4, -0.2) is 70.8 Å². The minimum atomic E-state index is -1.32. The first-order valence-corrected chi connectivity index (χ1v) is 13.5. The number of nitrogens with zero attached hydrogens (tertiary/aromatic N) is 5. The van der Waals surface area contributed by atoms with E-state index in [0.29, 0.717) is 64.5 Å². The quantitative estimate of drug-likeness (QED) is 0.331. The lowest BCUT2D eigenvalue weighted by molar-refractivity contribution is 0.0695. The summed E-state index contributed by atoms with van der Waals surface area (Å²) in [5.74, 6) is -3.19. The monoisotopic (exact) mass is 560 g/mol. The van der Waals surface area contributed by atoms with Crippen molar-refractivity contribution >= 4 is 28.4 Å². The summed E-state index contributed by atoms with van der Waals surface area (Å²) in [7, 11) is 7.36. The Balaban J connectivity index is 1.65. The third-order valence-corrected chi connectivity index (χ3v) is 8.32. The molecule has 2 N–H and O–H groups in total. The number of likely N-dealkylation sites (N-methyl/N-ethyl adjacent to an activating group) is 1. The molecule has 212 valence electrons. The highest BCUT2D eigenvalue weighted by atomic mass is 19.2. The third-order valence-electron chi connectivity index (χ3n) is 8.32. The van der Waals surface area contributed by atoms with Gasteiger partial charge >= 0.3 is 5.97 Å². The van der Waals surface area contributed by atoms with Crippen LogP contribution in [0.15, 0.2) is 35.5 Å². The van der Waals surface area contributed by atoms with Gasteiger partial charge in [-0.1, -0.05) is 0 Å². The molecule has 1 atom stereocenters. The van der Waals surface area contributed by atoms with E-state index in [1.165, 1.54) is 16.8 Å². The van der Waals surface area contributed by atoms with Crippen molar-refractivity contribution in [1.82, 2.24) is 19.4 Å². The van der Waals surface area contributed by atoms with Gasteiger partial charge in [0.25, 0.3) is 0 Å². The van der Waals surface area contributed by atoms with Gasteiger partial charge in [0.2, 0.25) is 5.43 Å². The summed E-state index contributed by atoms with van der Waals surface area (Å²) < 4.78 is 32.0. The number of nitrogens with one attached hydrogen (secondary N) is 1. The van der Waals surface area contributed by atoms with Gasteiger partial charge in [0, 0.05) is 92.2 Å². The molecular weight excluding hydrogens is 530 g/mol. The molecule has 1 saturated heterocycles. The highest BCUT2D eigenvalue weighted by molar-refractivity contribution is 5.98. The number of aromatic carboxylic acids is 1. The van der Waals surface area contributed by atoms with E-state index < -0.39 is 23.0 Å². The number of hydrogen-bond donors (Lipinski definition) is 2. The van der Waals surface area contributed by atoms with Crippen molar-refractivity contribution < 1.29 is 18.7 Å². The first kappa shape index (κ1) is 26.8. The van der Waals surface area contributed by atoms with Crippen LogP contribution in [0, 0.1) is 11.6 Å². The van der Waals surface area contributed by atoms with Gasteiger partial charge in [-0.15, -0.1) is 0 Å². The first-order chi connectivity index (χ1) is 19.6. The van der Waals surface area contributed by atoms with Gasteiger partial charge in [-0.05, 0) is 38.6 Å². The van der Waals surface area contributed by atoms with E-state index in [1.807, 2.05) is 14.1 Å². The Bertz CT molecular complexity index is 1800. The van der Waals surface area contributed by atoms with Gasteiger partial charge in [-0.25, -0.2) is 18.6 Å². The molecule has 1 aliphatic heterocycles. The lowest BCUT2D eigenvalue weighted by Gasteiger charge is -2.39. The molecule has 3 aromatic heterocycles. The number of hydrogen-bond acceptors (Lipinski definition) is 7. The number of rotatable bonds is 5. The number of halogens is 2. The fourth-order valence-corrected chi connectivity index (χ4v) is 6.22. The van der Waals surface area contributed by atoms with Crippen molar-refractivity contribution in [1.29, 1.82) is 0 Å². The maximum absolute atomic E-state index is 15.6. The standard InChI is InChI=1S/C30H30F2N6O3/c1-33-22-10-21(31)26(32)24-17(22)9-23-25(24)27(38-7-5-6-16(13-38)36(2)3)19(12-34-23)15-8-18-28(39)20(30(40)41)14-37(4)29(18)35-11-15/h8,10-12,14,16,33H,5-7,9,13H2,1-4H3,(H,40,41)/t16-/m1/s1. The Morgan fingerprint density at radius 3 is 2.66 bits per heavy atom. The maximum Gasteiger partial charge on any atom is 0.341 e. The predicted octanol–water partition coefficient (Wildman–Crippen LogP) is 4.12. The van der Waals surface area contributed by atoms with Gasteiger partial charge in [0.05, 0.1) is 16.8 Å². The lowest BCUT2D eigenvalue weighted by atomic mass is 9.95. The highest BCUT2D eigenvalue weighted by Crippen LogP contribution is 2.50. The summed E-state index contributed by atoms with van der Waals surface area (Å²) in [4.78, 5) is 38.5. The van der Waals surface area contributed by atoms with Crippen molar-refractivity contribution in [2.24, 2.45) is 7.05 Å². The molecule has 0 radical (unpaired) electrons. The molecule has 1 aliphatic carbocycles. The number of carbonyl (C=O) groups is 1. The highest BCUT2D eigenvalue weighted by Gasteiger charge is 2.35. The van der Waals surface area contributed by atoms with Gasteiger partial charge in [0.1, 0.15) is 11.2 Å². The second-order valence-corrected chi connectivity index (χ2v) is 10.9. The van der Waals surface area contributed by atoms with E-state index in [9.17, 15) is 19.1 Å². The molecule has 2 aliphatic rings. The van der Waals surface area contributed by atoms with Crippen LogP contribution < -0.4 is 15.6 Å². The Hall–Kier alpha value is -4.38. The molecule has 0 spiro atoms. The van der Waals surface area contributed by atoms with Crippen LogP contribution in [0.25, 0.3) is 33.3 Å². The number of aromatic nitrogens is 3. The molecule has 1 fully saturated rings. The van der Waals surface area contributed by atoms with E-state index >= 15 is 4.39 Å². The minimum Gasteiger partial charge on any atom is -0.477 e. The smallest absolute Gasteiger partial charge is 0.341 e. The molecular formula is C30H30F2N6O3. The fourth-order valence-electron chi connectivity index (χ4n) is 6.22. The molecule has 11 heteroatoms. The van der Waals surface area contributed by atoms with Crippen molar-refractivity contribution in [2.75, 3.05) is 44.4 Å². The van der Waals surface area contributed by atoms with E-state index in [2.05, 4.69) is 20.1 Å². The van der Waals surface area contributed by atoms with Crippen LogP contribution in [-0.2, 0) is 13.5 Å². The molecule has 6 rings (SSSR count). The zero-order chi connectivity index (χ0) is 29.2. The van der Waals surface area contributed by atoms with Gasteiger partial charge in [0.15, 0.2) is 11.6 Å². The molecule has 41 heavy (non-hydrogen) atoms. The molecule has 0 unspecified atom stereocenters. The minimum absolute atomic E-state index is 0.149. The van der Waals surface area contributed by atoms with Crippen molar-refractivity contribution in [2.45, 2.75) is 25.3 Å². The first-order valence-electron chi connectivity index (χ1n) is 13.5. The summed E-state index contributed by atoms with van der Waals surface area (Å²) in [6.07, 6.45) is 6.80. The number of fused-ring (bicyclic) bond motifs is 4. The van der Waals surface area contributed by atoms with Gasteiger partial charge < -0.3 is 24.8 Å². The number of benzene rings is 1. The van der Waals surface area contributed by atoms with Crippen molar-refractivity contribution in [3.05, 3.63) is 69.4 Å². The summed E-state index contributed by atoms with van der Waals surface area (Å²) in [6, 6.07) is 3.03. The average molecular weight is 561 g/mol. The maximum atomic E-state index is 15.6. The second-order valence-electron chi connectivity index (χ2n) is 10.9. The number of pyridine rings is 3. The van der Waals surface area contributed by atoms with E-state index in [1.54, 1.807) is 32.6 Å². The Morgan fingerprint density at radius 1 is 1.17 bits per heavy atom. The number of aryl methyl sites for hydroxylation is 1. The summed E-state index contributed by atoms with van der Waals surface area (Å²) in [5.41, 5.74) is 3.72. The summed E-state index contributed by atoms with van der Waals surface area (Å²) in [6.45, 7) is 1.36. The van der Waals surface area contributed by atoms with Crippen LogP contribution in [0.5, 0.6) is 0 Å². The lowest BCUT2D eigenvalue weighted by Crippen LogP contribution is -2.45.